The molecule has 0 saturated carbocycles. The Bertz CT molecular complexity index is 796. The zero-order chi connectivity index (χ0) is 20.5. The molecule has 0 radical (unpaired) electrons. The Morgan fingerprint density at radius 2 is 1.64 bits per heavy atom. The van der Waals surface area contributed by atoms with E-state index in [1.165, 1.54) is 5.56 Å². The molecule has 1 unspecified atom stereocenters. The van der Waals surface area contributed by atoms with Gasteiger partial charge in [0, 0.05) is 5.56 Å². The number of carbonyl (C=O) groups excluding carboxylic acids is 2. The summed E-state index contributed by atoms with van der Waals surface area (Å²) in [7, 11) is 0. The Kier molecular flexibility index (Phi) is 7.81. The molecule has 5 heteroatoms. The third-order valence-corrected chi connectivity index (χ3v) is 4.30. The molecule has 0 bridgehead atoms. The predicted molar refractivity (Wildman–Crippen MR) is 111 cm³/mol. The van der Waals surface area contributed by atoms with Crippen molar-refractivity contribution in [2.75, 3.05) is 6.61 Å². The molecule has 1 atom stereocenters. The van der Waals surface area contributed by atoms with E-state index < -0.39 is 0 Å². The minimum Gasteiger partial charge on any atom is -0.490 e. The Labute approximate surface area is 166 Å². The maximum Gasteiger partial charge on any atom is 0.269 e. The molecular weight excluding hydrogens is 352 g/mol. The van der Waals surface area contributed by atoms with Gasteiger partial charge in [0.2, 0.25) is 5.91 Å². The number of hydrogen-bond acceptors (Lipinski definition) is 3. The molecule has 0 aliphatic carbocycles. The number of ether oxygens (including phenoxy) is 1. The first-order valence-electron chi connectivity index (χ1n) is 9.43. The summed E-state index contributed by atoms with van der Waals surface area (Å²) in [4.78, 5) is 24.6. The third kappa shape index (κ3) is 6.27. The van der Waals surface area contributed by atoms with Crippen LogP contribution >= 0.6 is 0 Å². The molecule has 0 aliphatic heterocycles. The monoisotopic (exact) mass is 380 g/mol. The van der Waals surface area contributed by atoms with Gasteiger partial charge in [-0.1, -0.05) is 50.8 Å². The van der Waals surface area contributed by atoms with Crippen molar-refractivity contribution in [2.45, 2.75) is 33.1 Å². The number of benzene rings is 2. The van der Waals surface area contributed by atoms with Gasteiger partial charge in [0.25, 0.3) is 5.91 Å². The van der Waals surface area contributed by atoms with Crippen LogP contribution in [0.15, 0.2) is 61.2 Å². The van der Waals surface area contributed by atoms with Crippen molar-refractivity contribution in [3.05, 3.63) is 77.9 Å². The van der Waals surface area contributed by atoms with Crippen LogP contribution in [0.25, 0.3) is 0 Å². The average Bonchev–Trinajstić information content (AvgIpc) is 2.70. The van der Waals surface area contributed by atoms with Crippen LogP contribution in [0.1, 0.15) is 48.2 Å². The van der Waals surface area contributed by atoms with Crippen molar-refractivity contribution in [1.29, 1.82) is 0 Å². The first kappa shape index (κ1) is 21.2. The summed E-state index contributed by atoms with van der Waals surface area (Å²) in [5, 5.41) is 0. The average molecular weight is 380 g/mol. The molecule has 2 amide bonds. The molecule has 5 nitrogen and oxygen atoms in total. The molecule has 0 saturated heterocycles. The Balaban J connectivity index is 1.88. The van der Waals surface area contributed by atoms with E-state index in [0.29, 0.717) is 23.8 Å². The minimum atomic E-state index is -0.386. The molecule has 28 heavy (non-hydrogen) atoms. The molecule has 0 fully saturated rings. The second kappa shape index (κ2) is 10.3. The van der Waals surface area contributed by atoms with Gasteiger partial charge in [-0.2, -0.15) is 0 Å². The lowest BCUT2D eigenvalue weighted by atomic mass is 9.96. The maximum absolute atomic E-state index is 12.4. The minimum absolute atomic E-state index is 0.268. The van der Waals surface area contributed by atoms with Crippen molar-refractivity contribution >= 4 is 11.8 Å². The fourth-order valence-electron chi connectivity index (χ4n) is 2.72. The molecule has 0 aromatic heterocycles. The topological polar surface area (TPSA) is 67.4 Å². The number of rotatable bonds is 8. The Hall–Kier alpha value is -3.08. The smallest absolute Gasteiger partial charge is 0.269 e. The van der Waals surface area contributed by atoms with Gasteiger partial charge in [0.15, 0.2) is 0 Å². The molecule has 2 rings (SSSR count). The lowest BCUT2D eigenvalue weighted by Gasteiger charge is -2.14. The van der Waals surface area contributed by atoms with Gasteiger partial charge in [-0.15, -0.1) is 0 Å². The molecule has 0 spiro atoms. The normalized spacial score (nSPS) is 11.6. The van der Waals surface area contributed by atoms with Crippen LogP contribution in [0.2, 0.25) is 0 Å². The van der Waals surface area contributed by atoms with Gasteiger partial charge in [-0.3, -0.25) is 20.4 Å². The standard InChI is InChI=1S/C23H28N2O3/c1-5-14-28-21-12-10-20(11-13-21)23(27)25-24-22(26)17(4)19-8-6-18(7-9-19)15-16(2)3/h5-13,16-17H,1,14-15H2,2-4H3,(H,24,26)(H,25,27). The molecule has 0 aliphatic rings. The lowest BCUT2D eigenvalue weighted by molar-refractivity contribution is -0.123. The van der Waals surface area contributed by atoms with Gasteiger partial charge in [-0.25, -0.2) is 0 Å². The van der Waals surface area contributed by atoms with E-state index in [2.05, 4.69) is 31.3 Å². The fraction of sp³-hybridized carbons (Fsp3) is 0.304. The number of carbonyl (C=O) groups is 2. The van der Waals surface area contributed by atoms with Crippen LogP contribution in [0.5, 0.6) is 5.75 Å². The molecule has 2 aromatic carbocycles. The number of hydrogen-bond donors (Lipinski definition) is 2. The first-order valence-corrected chi connectivity index (χ1v) is 9.43. The van der Waals surface area contributed by atoms with Gasteiger partial charge in [-0.05, 0) is 54.7 Å². The highest BCUT2D eigenvalue weighted by Gasteiger charge is 2.16. The number of hydrazine groups is 1. The Morgan fingerprint density at radius 3 is 2.21 bits per heavy atom. The van der Waals surface area contributed by atoms with E-state index in [0.717, 1.165) is 12.0 Å². The zero-order valence-electron chi connectivity index (χ0n) is 16.7. The summed E-state index contributed by atoms with van der Waals surface area (Å²) in [6, 6.07) is 14.7. The molecule has 0 heterocycles. The highest BCUT2D eigenvalue weighted by atomic mass is 16.5. The van der Waals surface area contributed by atoms with Crippen molar-refractivity contribution in [3.8, 4) is 5.75 Å². The third-order valence-electron chi connectivity index (χ3n) is 4.30. The van der Waals surface area contributed by atoms with Gasteiger partial charge >= 0.3 is 0 Å². The molecular formula is C23H28N2O3. The highest BCUT2D eigenvalue weighted by Crippen LogP contribution is 2.17. The second-order valence-corrected chi connectivity index (χ2v) is 7.13. The van der Waals surface area contributed by atoms with Crippen LogP contribution in [-0.2, 0) is 11.2 Å². The van der Waals surface area contributed by atoms with Crippen LogP contribution in [0.3, 0.4) is 0 Å². The first-order chi connectivity index (χ1) is 13.4. The summed E-state index contributed by atoms with van der Waals surface area (Å²) in [6.07, 6.45) is 2.66. The zero-order valence-corrected chi connectivity index (χ0v) is 16.7. The van der Waals surface area contributed by atoms with Gasteiger partial charge in [0.05, 0.1) is 5.92 Å². The van der Waals surface area contributed by atoms with Crippen LogP contribution < -0.4 is 15.6 Å². The fourth-order valence-corrected chi connectivity index (χ4v) is 2.72. The van der Waals surface area contributed by atoms with Crippen molar-refractivity contribution in [1.82, 2.24) is 10.9 Å². The van der Waals surface area contributed by atoms with Gasteiger partial charge in [0.1, 0.15) is 12.4 Å². The van der Waals surface area contributed by atoms with Crippen LogP contribution in [-0.4, -0.2) is 18.4 Å². The van der Waals surface area contributed by atoms with Crippen LogP contribution in [0.4, 0.5) is 0 Å². The summed E-state index contributed by atoms with van der Waals surface area (Å²) in [5.74, 6) is 0.210. The van der Waals surface area contributed by atoms with E-state index in [-0.39, 0.29) is 17.7 Å². The summed E-state index contributed by atoms with van der Waals surface area (Å²) in [6.45, 7) is 10.1. The molecule has 148 valence electrons. The largest absolute Gasteiger partial charge is 0.490 e. The van der Waals surface area contributed by atoms with Crippen molar-refractivity contribution < 1.29 is 14.3 Å². The summed E-state index contributed by atoms with van der Waals surface area (Å²) < 4.78 is 5.38. The van der Waals surface area contributed by atoms with Gasteiger partial charge < -0.3 is 4.74 Å². The van der Waals surface area contributed by atoms with Crippen molar-refractivity contribution in [3.63, 3.8) is 0 Å². The van der Waals surface area contributed by atoms with E-state index in [1.54, 1.807) is 30.3 Å². The molecule has 2 N–H and O–H groups in total. The quantitative estimate of drug-likeness (QED) is 0.537. The lowest BCUT2D eigenvalue weighted by Crippen LogP contribution is -2.43. The van der Waals surface area contributed by atoms with E-state index in [9.17, 15) is 9.59 Å². The van der Waals surface area contributed by atoms with Crippen LogP contribution in [0, 0.1) is 5.92 Å². The molecule has 2 aromatic rings. The van der Waals surface area contributed by atoms with E-state index in [1.807, 2.05) is 31.2 Å². The SMILES string of the molecule is C=CCOc1ccc(C(=O)NNC(=O)C(C)c2ccc(CC(C)C)cc2)cc1. The highest BCUT2D eigenvalue weighted by molar-refractivity contribution is 5.96. The second-order valence-electron chi connectivity index (χ2n) is 7.13. The maximum atomic E-state index is 12.4. The summed E-state index contributed by atoms with van der Waals surface area (Å²) >= 11 is 0. The summed E-state index contributed by atoms with van der Waals surface area (Å²) in [5.41, 5.74) is 7.53. The van der Waals surface area contributed by atoms with Crippen molar-refractivity contribution in [2.24, 2.45) is 5.92 Å². The van der Waals surface area contributed by atoms with E-state index in [4.69, 9.17) is 4.74 Å². The number of nitrogens with one attached hydrogen (secondary N) is 2. The number of amides is 2. The predicted octanol–water partition coefficient (Wildman–Crippen LogP) is 4.01. The van der Waals surface area contributed by atoms with E-state index >= 15 is 0 Å². The Morgan fingerprint density at radius 1 is 1.00 bits per heavy atom.